The van der Waals surface area contributed by atoms with Crippen molar-refractivity contribution in [1.82, 2.24) is 9.88 Å². The number of ether oxygens (including phenoxy) is 1. The number of hydrogen-bond acceptors (Lipinski definition) is 4. The van der Waals surface area contributed by atoms with E-state index in [-0.39, 0.29) is 0 Å². The summed E-state index contributed by atoms with van der Waals surface area (Å²) in [6, 6.07) is 10.7. The van der Waals surface area contributed by atoms with Crippen molar-refractivity contribution in [1.29, 1.82) is 0 Å². The largest absolute Gasteiger partial charge is 0.496 e. The van der Waals surface area contributed by atoms with E-state index in [1.165, 1.54) is 17.5 Å². The Morgan fingerprint density at radius 3 is 2.56 bits per heavy atom. The van der Waals surface area contributed by atoms with E-state index in [2.05, 4.69) is 49.8 Å². The van der Waals surface area contributed by atoms with E-state index in [0.29, 0.717) is 11.9 Å². The minimum Gasteiger partial charge on any atom is -0.496 e. The molecule has 1 aromatic heterocycles. The first-order valence-electron chi connectivity index (χ1n) is 9.13. The summed E-state index contributed by atoms with van der Waals surface area (Å²) in [6.07, 6.45) is 3.17. The van der Waals surface area contributed by atoms with Crippen LogP contribution in [0.1, 0.15) is 38.3 Å². The number of pyridine rings is 1. The lowest BCUT2D eigenvalue weighted by Crippen LogP contribution is -2.30. The Labute approximate surface area is 152 Å². The van der Waals surface area contributed by atoms with E-state index < -0.39 is 0 Å². The lowest BCUT2D eigenvalue weighted by atomic mass is 9.96. The minimum absolute atomic E-state index is 0.525. The van der Waals surface area contributed by atoms with Gasteiger partial charge in [0.25, 0.3) is 0 Å². The Balaban J connectivity index is 2.33. The van der Waals surface area contributed by atoms with E-state index in [1.54, 1.807) is 13.2 Å². The van der Waals surface area contributed by atoms with Gasteiger partial charge in [-0.15, -0.1) is 0 Å². The summed E-state index contributed by atoms with van der Waals surface area (Å²) >= 11 is 0. The molecule has 0 aliphatic carbocycles. The number of nitrogen functional groups attached to an aromatic ring is 1. The summed E-state index contributed by atoms with van der Waals surface area (Å²) < 4.78 is 5.66. The van der Waals surface area contributed by atoms with Gasteiger partial charge in [0.05, 0.1) is 12.8 Å². The molecule has 1 heterocycles. The number of likely N-dealkylation sites (N-methyl/N-ethyl adjacent to an activating group) is 1. The lowest BCUT2D eigenvalue weighted by Gasteiger charge is -2.24. The first kappa shape index (κ1) is 19.3. The third-order valence-corrected chi connectivity index (χ3v) is 5.03. The Kier molecular flexibility index (Phi) is 6.82. The van der Waals surface area contributed by atoms with Crippen LogP contribution in [0.2, 0.25) is 0 Å². The second kappa shape index (κ2) is 8.86. The molecule has 0 saturated heterocycles. The zero-order chi connectivity index (χ0) is 18.4. The van der Waals surface area contributed by atoms with Crippen molar-refractivity contribution in [2.24, 2.45) is 0 Å². The van der Waals surface area contributed by atoms with E-state index in [4.69, 9.17) is 10.5 Å². The summed E-state index contributed by atoms with van der Waals surface area (Å²) in [7, 11) is 3.91. The van der Waals surface area contributed by atoms with Crippen LogP contribution in [-0.4, -0.2) is 36.6 Å². The number of benzene rings is 1. The summed E-state index contributed by atoms with van der Waals surface area (Å²) in [5.41, 5.74) is 10.4. The van der Waals surface area contributed by atoms with Gasteiger partial charge in [-0.05, 0) is 68.6 Å². The molecule has 0 aliphatic heterocycles. The quantitative estimate of drug-likeness (QED) is 0.783. The number of nitrogens with two attached hydrogens (primary N) is 1. The van der Waals surface area contributed by atoms with Gasteiger partial charge in [0.2, 0.25) is 0 Å². The summed E-state index contributed by atoms with van der Waals surface area (Å²) in [5.74, 6) is 1.38. The number of nitrogens with zero attached hydrogens (tertiary/aromatic N) is 2. The normalized spacial score (nSPS) is 12.4. The van der Waals surface area contributed by atoms with Crippen molar-refractivity contribution in [3.63, 3.8) is 0 Å². The SMILES string of the molecule is CCc1cc(-c2cccc(N)n2)c(OC)cc1CCN(C)C(C)CC. The number of methoxy groups -OCH3 is 1. The van der Waals surface area contributed by atoms with Gasteiger partial charge in [-0.25, -0.2) is 4.98 Å². The molecule has 25 heavy (non-hydrogen) atoms. The van der Waals surface area contributed by atoms with Crippen molar-refractivity contribution in [3.8, 4) is 17.0 Å². The highest BCUT2D eigenvalue weighted by Crippen LogP contribution is 2.33. The van der Waals surface area contributed by atoms with Gasteiger partial charge >= 0.3 is 0 Å². The average molecular weight is 341 g/mol. The van der Waals surface area contributed by atoms with Crippen molar-refractivity contribution in [2.75, 3.05) is 26.4 Å². The third-order valence-electron chi connectivity index (χ3n) is 5.03. The van der Waals surface area contributed by atoms with E-state index in [9.17, 15) is 0 Å². The second-order valence-corrected chi connectivity index (χ2v) is 6.61. The summed E-state index contributed by atoms with van der Waals surface area (Å²) in [5, 5.41) is 0. The van der Waals surface area contributed by atoms with E-state index in [1.807, 2.05) is 12.1 Å². The van der Waals surface area contributed by atoms with Crippen LogP contribution in [0.25, 0.3) is 11.3 Å². The highest BCUT2D eigenvalue weighted by molar-refractivity contribution is 5.70. The fourth-order valence-corrected chi connectivity index (χ4v) is 3.03. The van der Waals surface area contributed by atoms with Crippen LogP contribution in [0, 0.1) is 0 Å². The third kappa shape index (κ3) is 4.73. The standard InChI is InChI=1S/C21H31N3O/c1-6-15(3)24(4)12-11-17-14-20(25-5)18(13-16(17)7-2)19-9-8-10-21(22)23-19/h8-10,13-15H,6-7,11-12H2,1-5H3,(H2,22,23). The van der Waals surface area contributed by atoms with Crippen LogP contribution in [0.5, 0.6) is 5.75 Å². The van der Waals surface area contributed by atoms with Crippen LogP contribution < -0.4 is 10.5 Å². The molecular weight excluding hydrogens is 310 g/mol. The van der Waals surface area contributed by atoms with E-state index in [0.717, 1.165) is 36.4 Å². The van der Waals surface area contributed by atoms with Crippen molar-refractivity contribution >= 4 is 5.82 Å². The molecule has 136 valence electrons. The van der Waals surface area contributed by atoms with Gasteiger partial charge in [0, 0.05) is 18.2 Å². The average Bonchev–Trinajstić information content (AvgIpc) is 2.64. The monoisotopic (exact) mass is 341 g/mol. The minimum atomic E-state index is 0.525. The highest BCUT2D eigenvalue weighted by atomic mass is 16.5. The molecule has 2 rings (SSSR count). The predicted molar refractivity (Wildman–Crippen MR) is 106 cm³/mol. The topological polar surface area (TPSA) is 51.4 Å². The van der Waals surface area contributed by atoms with Gasteiger partial charge in [-0.2, -0.15) is 0 Å². The van der Waals surface area contributed by atoms with Gasteiger partial charge in [0.1, 0.15) is 11.6 Å². The molecular formula is C21H31N3O. The maximum absolute atomic E-state index is 5.85. The highest BCUT2D eigenvalue weighted by Gasteiger charge is 2.14. The van der Waals surface area contributed by atoms with Crippen molar-refractivity contribution in [2.45, 2.75) is 46.1 Å². The summed E-state index contributed by atoms with van der Waals surface area (Å²) in [6.45, 7) is 7.74. The number of aromatic nitrogens is 1. The molecule has 0 radical (unpaired) electrons. The Morgan fingerprint density at radius 2 is 1.96 bits per heavy atom. The summed E-state index contributed by atoms with van der Waals surface area (Å²) in [4.78, 5) is 6.87. The van der Waals surface area contributed by atoms with Crippen LogP contribution in [-0.2, 0) is 12.8 Å². The molecule has 4 heteroatoms. The Hall–Kier alpha value is -2.07. The molecule has 0 amide bonds. The maximum Gasteiger partial charge on any atom is 0.128 e. The van der Waals surface area contributed by atoms with Gasteiger partial charge < -0.3 is 15.4 Å². The molecule has 2 N–H and O–H groups in total. The Morgan fingerprint density at radius 1 is 1.20 bits per heavy atom. The molecule has 0 spiro atoms. The second-order valence-electron chi connectivity index (χ2n) is 6.61. The zero-order valence-corrected chi connectivity index (χ0v) is 16.2. The molecule has 1 atom stereocenters. The first-order valence-corrected chi connectivity index (χ1v) is 9.13. The molecule has 2 aromatic rings. The molecule has 0 saturated carbocycles. The molecule has 1 aromatic carbocycles. The Bertz CT molecular complexity index is 700. The van der Waals surface area contributed by atoms with Crippen LogP contribution in [0.4, 0.5) is 5.82 Å². The van der Waals surface area contributed by atoms with E-state index >= 15 is 0 Å². The fourth-order valence-electron chi connectivity index (χ4n) is 3.03. The number of anilines is 1. The van der Waals surface area contributed by atoms with Crippen molar-refractivity contribution < 1.29 is 4.74 Å². The molecule has 1 unspecified atom stereocenters. The lowest BCUT2D eigenvalue weighted by molar-refractivity contribution is 0.255. The maximum atomic E-state index is 5.85. The molecule has 0 aliphatic rings. The van der Waals surface area contributed by atoms with Crippen molar-refractivity contribution in [3.05, 3.63) is 41.5 Å². The smallest absolute Gasteiger partial charge is 0.128 e. The van der Waals surface area contributed by atoms with Crippen LogP contribution in [0.15, 0.2) is 30.3 Å². The van der Waals surface area contributed by atoms with Crippen LogP contribution >= 0.6 is 0 Å². The molecule has 0 fully saturated rings. The van der Waals surface area contributed by atoms with Gasteiger partial charge in [-0.3, -0.25) is 0 Å². The number of hydrogen-bond donors (Lipinski definition) is 1. The van der Waals surface area contributed by atoms with Gasteiger partial charge in [-0.1, -0.05) is 19.9 Å². The molecule has 4 nitrogen and oxygen atoms in total. The molecule has 0 bridgehead atoms. The fraction of sp³-hybridized carbons (Fsp3) is 0.476. The number of aryl methyl sites for hydroxylation is 1. The number of rotatable bonds is 8. The van der Waals surface area contributed by atoms with Gasteiger partial charge in [0.15, 0.2) is 0 Å². The predicted octanol–water partition coefficient (Wildman–Crippen LogP) is 4.17. The van der Waals surface area contributed by atoms with Crippen LogP contribution in [0.3, 0.4) is 0 Å². The zero-order valence-electron chi connectivity index (χ0n) is 16.2. The first-order chi connectivity index (χ1) is 12.0.